The molecule has 0 aliphatic heterocycles. The molecule has 1 saturated carbocycles. The Morgan fingerprint density at radius 2 is 1.41 bits per heavy atom. The first-order valence-electron chi connectivity index (χ1n) is 23.1. The number of benzene rings is 6. The van der Waals surface area contributed by atoms with E-state index in [1.54, 1.807) is 5.56 Å². The molecule has 3 aliphatic carbocycles. The van der Waals surface area contributed by atoms with Gasteiger partial charge in [0.2, 0.25) is 0 Å². The fourth-order valence-corrected chi connectivity index (χ4v) is 11.7. The van der Waals surface area contributed by atoms with E-state index in [4.69, 9.17) is 0 Å². The van der Waals surface area contributed by atoms with Crippen molar-refractivity contribution >= 4 is 33.8 Å². The van der Waals surface area contributed by atoms with Gasteiger partial charge in [-0.1, -0.05) is 165 Å². The van der Waals surface area contributed by atoms with Gasteiger partial charge in [0.05, 0.1) is 11.1 Å². The molecule has 0 radical (unpaired) electrons. The lowest BCUT2D eigenvalue weighted by molar-refractivity contribution is 0.461. The first-order chi connectivity index (χ1) is 30.8. The third-order valence-corrected chi connectivity index (χ3v) is 14.7. The van der Waals surface area contributed by atoms with E-state index in [1.807, 2.05) is 0 Å². The van der Waals surface area contributed by atoms with E-state index in [1.165, 1.54) is 103 Å². The molecule has 1 heteroatoms. The molecule has 0 amide bonds. The number of allylic oxidation sites excluding steroid dienone is 10. The van der Waals surface area contributed by atoms with Gasteiger partial charge in [-0.15, -0.1) is 13.2 Å². The van der Waals surface area contributed by atoms with Crippen LogP contribution < -0.4 is 4.90 Å². The topological polar surface area (TPSA) is 3.24 Å². The Kier molecular flexibility index (Phi) is 11.6. The van der Waals surface area contributed by atoms with E-state index < -0.39 is 5.41 Å². The minimum absolute atomic E-state index is 0.0711. The summed E-state index contributed by atoms with van der Waals surface area (Å²) in [4.78, 5) is 2.54. The Morgan fingerprint density at radius 1 is 0.730 bits per heavy atom. The monoisotopic (exact) mass is 819 g/mol. The van der Waals surface area contributed by atoms with E-state index in [0.29, 0.717) is 5.41 Å². The van der Waals surface area contributed by atoms with Crippen molar-refractivity contribution < 1.29 is 0 Å². The SMILES string of the molecule is C=CCC(C=C)C1(c2ccccc2)c2ccccc2-c2ccc(N(C(/C=C\C)=C(C)\C(C)=C\C=C3/CC4(CCCC4)c4ccccc43)c3cc4ccccc4c(/C=C\C)c3C)cc21. The summed E-state index contributed by atoms with van der Waals surface area (Å²) in [6.07, 6.45) is 25.2. The summed E-state index contributed by atoms with van der Waals surface area (Å²) in [5.74, 6) is 0.0711. The van der Waals surface area contributed by atoms with Crippen LogP contribution in [0.1, 0.15) is 105 Å². The average Bonchev–Trinajstić information content (AvgIpc) is 4.01. The van der Waals surface area contributed by atoms with Gasteiger partial charge in [0.25, 0.3) is 0 Å². The first-order valence-corrected chi connectivity index (χ1v) is 23.1. The van der Waals surface area contributed by atoms with Crippen LogP contribution in [0, 0.1) is 12.8 Å². The molecule has 1 spiro atoms. The zero-order valence-electron chi connectivity index (χ0n) is 37.9. The lowest BCUT2D eigenvalue weighted by Crippen LogP contribution is -2.35. The van der Waals surface area contributed by atoms with Gasteiger partial charge in [-0.05, 0) is 173 Å². The van der Waals surface area contributed by atoms with Crippen LogP contribution >= 0.6 is 0 Å². The minimum Gasteiger partial charge on any atom is -0.310 e. The second-order valence-corrected chi connectivity index (χ2v) is 18.1. The number of hydrogen-bond acceptors (Lipinski definition) is 1. The van der Waals surface area contributed by atoms with Crippen molar-refractivity contribution in [2.24, 2.45) is 5.92 Å². The number of rotatable bonds is 12. The summed E-state index contributed by atoms with van der Waals surface area (Å²) in [6, 6.07) is 47.8. The maximum Gasteiger partial charge on any atom is 0.0529 e. The highest BCUT2D eigenvalue weighted by Gasteiger charge is 2.49. The molecule has 6 aromatic carbocycles. The highest BCUT2D eigenvalue weighted by atomic mass is 15.2. The van der Waals surface area contributed by atoms with Crippen molar-refractivity contribution in [3.63, 3.8) is 0 Å². The maximum atomic E-state index is 4.50. The van der Waals surface area contributed by atoms with Crippen molar-refractivity contribution in [1.29, 1.82) is 0 Å². The second kappa shape index (κ2) is 17.4. The number of anilines is 2. The standard InChI is InChI=1S/C62H61N/c1-8-23-48(11-4)62(49-27-13-12-14-28-49)57-33-20-18-31-54(57)55-37-36-50(41-58(55)62)63(60-40-46-26-15-16-29-52(46)51(24-9-2)45(60)7)59(25-10-3)44(6)43(5)34-35-47-42-61(38-21-22-39-61)56-32-19-17-30-53(47)56/h8-20,24-37,40-41,48H,1,4,21-23,38-39,42H2,2-3,5-7H3/b24-9-,25-10-,43-34+,47-35+,59-44-. The molecule has 3 aliphatic rings. The zero-order chi connectivity index (χ0) is 43.7. The minimum atomic E-state index is -0.477. The highest BCUT2D eigenvalue weighted by Crippen LogP contribution is 2.59. The van der Waals surface area contributed by atoms with Crippen molar-refractivity contribution in [2.45, 2.75) is 84.0 Å². The van der Waals surface area contributed by atoms with Crippen LogP contribution in [0.2, 0.25) is 0 Å². The van der Waals surface area contributed by atoms with E-state index in [2.05, 4.69) is 229 Å². The fourth-order valence-electron chi connectivity index (χ4n) is 11.7. The van der Waals surface area contributed by atoms with Crippen molar-refractivity contribution in [3.8, 4) is 11.1 Å². The Labute approximate surface area is 376 Å². The molecule has 6 aromatic rings. The van der Waals surface area contributed by atoms with Crippen LogP contribution in [0.4, 0.5) is 11.4 Å². The molecule has 2 atom stereocenters. The third-order valence-electron chi connectivity index (χ3n) is 14.7. The van der Waals surface area contributed by atoms with E-state index in [-0.39, 0.29) is 5.92 Å². The molecule has 63 heavy (non-hydrogen) atoms. The normalized spacial score (nSPS) is 19.1. The summed E-state index contributed by atoms with van der Waals surface area (Å²) in [5.41, 5.74) is 19.2. The summed E-state index contributed by atoms with van der Waals surface area (Å²) in [5, 5.41) is 2.48. The van der Waals surface area contributed by atoms with Gasteiger partial charge in [-0.2, -0.15) is 0 Å². The van der Waals surface area contributed by atoms with Crippen LogP contribution in [0.3, 0.4) is 0 Å². The van der Waals surface area contributed by atoms with Gasteiger partial charge in [0.15, 0.2) is 0 Å². The molecule has 0 aromatic heterocycles. The van der Waals surface area contributed by atoms with Crippen LogP contribution in [0.5, 0.6) is 0 Å². The lowest BCUT2D eigenvalue weighted by atomic mass is 9.63. The Hall–Kier alpha value is -6.44. The number of hydrogen-bond donors (Lipinski definition) is 0. The third kappa shape index (κ3) is 6.94. The molecule has 0 saturated heterocycles. The molecule has 0 N–H and O–H groups in total. The molecular formula is C62H61N. The summed E-state index contributed by atoms with van der Waals surface area (Å²) < 4.78 is 0. The summed E-state index contributed by atoms with van der Waals surface area (Å²) in [6.45, 7) is 19.9. The largest absolute Gasteiger partial charge is 0.310 e. The van der Waals surface area contributed by atoms with E-state index in [0.717, 1.165) is 24.2 Å². The molecule has 314 valence electrons. The van der Waals surface area contributed by atoms with E-state index in [9.17, 15) is 0 Å². The fraction of sp³-hybridized carbons (Fsp3) is 0.226. The first kappa shape index (κ1) is 41.9. The van der Waals surface area contributed by atoms with Gasteiger partial charge >= 0.3 is 0 Å². The predicted octanol–water partition coefficient (Wildman–Crippen LogP) is 17.1. The van der Waals surface area contributed by atoms with Crippen LogP contribution in [0.15, 0.2) is 200 Å². The zero-order valence-corrected chi connectivity index (χ0v) is 37.9. The van der Waals surface area contributed by atoms with E-state index >= 15 is 0 Å². The second-order valence-electron chi connectivity index (χ2n) is 18.1. The molecule has 2 unspecified atom stereocenters. The Bertz CT molecular complexity index is 2880. The number of nitrogens with zero attached hydrogens (tertiary/aromatic N) is 1. The van der Waals surface area contributed by atoms with Crippen molar-refractivity contribution in [1.82, 2.24) is 0 Å². The van der Waals surface area contributed by atoms with Crippen LogP contribution in [-0.4, -0.2) is 0 Å². The lowest BCUT2D eigenvalue weighted by Gasteiger charge is -2.39. The summed E-state index contributed by atoms with van der Waals surface area (Å²) >= 11 is 0. The molecular weight excluding hydrogens is 759 g/mol. The van der Waals surface area contributed by atoms with Crippen LogP contribution in [-0.2, 0) is 10.8 Å². The van der Waals surface area contributed by atoms with Crippen LogP contribution in [0.25, 0.3) is 33.5 Å². The van der Waals surface area contributed by atoms with Gasteiger partial charge in [0, 0.05) is 11.4 Å². The molecule has 1 fully saturated rings. The number of fused-ring (bicyclic) bond motifs is 6. The molecule has 1 nitrogen and oxygen atoms in total. The predicted molar refractivity (Wildman–Crippen MR) is 273 cm³/mol. The smallest absolute Gasteiger partial charge is 0.0529 e. The quantitative estimate of drug-likeness (QED) is 0.0878. The molecule has 9 rings (SSSR count). The average molecular weight is 820 g/mol. The maximum absolute atomic E-state index is 4.50. The van der Waals surface area contributed by atoms with Gasteiger partial charge in [-0.3, -0.25) is 0 Å². The van der Waals surface area contributed by atoms with Crippen molar-refractivity contribution in [3.05, 3.63) is 239 Å². The van der Waals surface area contributed by atoms with Gasteiger partial charge in [-0.25, -0.2) is 0 Å². The molecule has 0 bridgehead atoms. The van der Waals surface area contributed by atoms with Gasteiger partial charge < -0.3 is 4.90 Å². The van der Waals surface area contributed by atoms with Gasteiger partial charge in [0.1, 0.15) is 0 Å². The highest BCUT2D eigenvalue weighted by molar-refractivity contribution is 5.98. The molecule has 0 heterocycles. The Morgan fingerprint density at radius 3 is 2.14 bits per heavy atom. The summed E-state index contributed by atoms with van der Waals surface area (Å²) in [7, 11) is 0. The Balaban J connectivity index is 1.30. The van der Waals surface area contributed by atoms with Crippen molar-refractivity contribution in [2.75, 3.05) is 4.90 Å².